The second-order valence-corrected chi connectivity index (χ2v) is 3.00. The Bertz CT molecular complexity index is 389. The van der Waals surface area contributed by atoms with E-state index in [0.717, 1.165) is 0 Å². The monoisotopic (exact) mass is 211 g/mol. The molecule has 0 spiro atoms. The number of nitrogens with zero attached hydrogens (tertiary/aromatic N) is 1. The number of hydrogen-bond acceptors (Lipinski definition) is 4. The van der Waals surface area contributed by atoms with Gasteiger partial charge >= 0.3 is 0 Å². The molecule has 0 amide bonds. The van der Waals surface area contributed by atoms with E-state index in [1.807, 2.05) is 0 Å². The number of nitriles is 1. The van der Waals surface area contributed by atoms with Crippen LogP contribution in [0.4, 0.5) is 4.39 Å². The third-order valence-corrected chi connectivity index (χ3v) is 2.03. The number of halogens is 1. The minimum Gasteiger partial charge on any atom is -0.392 e. The summed E-state index contributed by atoms with van der Waals surface area (Å²) in [6.07, 6.45) is -3.30. The van der Waals surface area contributed by atoms with Crippen LogP contribution in [0.3, 0.4) is 0 Å². The molecule has 0 bridgehead atoms. The molecule has 15 heavy (non-hydrogen) atoms. The lowest BCUT2D eigenvalue weighted by Gasteiger charge is -2.14. The van der Waals surface area contributed by atoms with Crippen molar-refractivity contribution < 1.29 is 19.7 Å². The van der Waals surface area contributed by atoms with Crippen LogP contribution in [0.25, 0.3) is 0 Å². The molecule has 5 heteroatoms. The SMILES string of the molecule is N#CC(O)C(O)c1cccc(CO)c1F. The van der Waals surface area contributed by atoms with Crippen molar-refractivity contribution in [2.45, 2.75) is 18.8 Å². The van der Waals surface area contributed by atoms with Gasteiger partial charge in [-0.2, -0.15) is 5.26 Å². The van der Waals surface area contributed by atoms with Gasteiger partial charge in [-0.3, -0.25) is 0 Å². The minimum absolute atomic E-state index is 0.0108. The van der Waals surface area contributed by atoms with E-state index < -0.39 is 24.6 Å². The van der Waals surface area contributed by atoms with Crippen LogP contribution in [0.2, 0.25) is 0 Å². The van der Waals surface area contributed by atoms with Gasteiger partial charge < -0.3 is 15.3 Å². The second-order valence-electron chi connectivity index (χ2n) is 3.00. The van der Waals surface area contributed by atoms with Gasteiger partial charge in [-0.15, -0.1) is 0 Å². The summed E-state index contributed by atoms with van der Waals surface area (Å²) in [7, 11) is 0. The van der Waals surface area contributed by atoms with Gasteiger partial charge in [-0.25, -0.2) is 4.39 Å². The molecule has 0 aliphatic carbocycles. The maximum Gasteiger partial charge on any atom is 0.170 e. The van der Waals surface area contributed by atoms with Crippen molar-refractivity contribution in [2.75, 3.05) is 0 Å². The molecule has 0 aliphatic heterocycles. The Morgan fingerprint density at radius 2 is 2.07 bits per heavy atom. The number of rotatable bonds is 3. The van der Waals surface area contributed by atoms with Gasteiger partial charge in [0.25, 0.3) is 0 Å². The molecule has 4 nitrogen and oxygen atoms in total. The Morgan fingerprint density at radius 1 is 1.40 bits per heavy atom. The first-order valence-corrected chi connectivity index (χ1v) is 4.25. The highest BCUT2D eigenvalue weighted by molar-refractivity contribution is 5.28. The number of benzene rings is 1. The fourth-order valence-electron chi connectivity index (χ4n) is 1.19. The van der Waals surface area contributed by atoms with Crippen LogP contribution >= 0.6 is 0 Å². The van der Waals surface area contributed by atoms with Crippen LogP contribution in [0.15, 0.2) is 18.2 Å². The first-order valence-electron chi connectivity index (χ1n) is 4.25. The molecule has 1 aromatic rings. The lowest BCUT2D eigenvalue weighted by Crippen LogP contribution is -2.17. The molecular weight excluding hydrogens is 201 g/mol. The molecule has 3 N–H and O–H groups in total. The summed E-state index contributed by atoms with van der Waals surface area (Å²) < 4.78 is 13.5. The molecule has 0 heterocycles. The summed E-state index contributed by atoms with van der Waals surface area (Å²) in [6.45, 7) is -0.505. The average molecular weight is 211 g/mol. The normalized spacial score (nSPS) is 14.3. The Hall–Kier alpha value is -1.48. The van der Waals surface area contributed by atoms with Gasteiger partial charge in [0.15, 0.2) is 6.10 Å². The van der Waals surface area contributed by atoms with Gasteiger partial charge in [0.2, 0.25) is 0 Å². The molecule has 1 aromatic carbocycles. The quantitative estimate of drug-likeness (QED) is 0.625. The van der Waals surface area contributed by atoms with Crippen LogP contribution in [0.5, 0.6) is 0 Å². The summed E-state index contributed by atoms with van der Waals surface area (Å²) in [4.78, 5) is 0. The molecule has 80 valence electrons. The van der Waals surface area contributed by atoms with E-state index in [0.29, 0.717) is 0 Å². The maximum atomic E-state index is 13.5. The highest BCUT2D eigenvalue weighted by atomic mass is 19.1. The van der Waals surface area contributed by atoms with E-state index in [-0.39, 0.29) is 11.1 Å². The smallest absolute Gasteiger partial charge is 0.170 e. The predicted molar refractivity (Wildman–Crippen MR) is 48.9 cm³/mol. The zero-order valence-corrected chi connectivity index (χ0v) is 7.76. The molecule has 1 rings (SSSR count). The number of aliphatic hydroxyl groups excluding tert-OH is 3. The van der Waals surface area contributed by atoms with Crippen molar-refractivity contribution >= 4 is 0 Å². The molecule has 0 saturated heterocycles. The van der Waals surface area contributed by atoms with Gasteiger partial charge in [0.05, 0.1) is 12.7 Å². The second kappa shape index (κ2) is 4.84. The summed E-state index contributed by atoms with van der Waals surface area (Å²) in [5.74, 6) is -0.804. The first kappa shape index (κ1) is 11.6. The summed E-state index contributed by atoms with van der Waals surface area (Å²) in [5.41, 5.74) is -0.188. The highest BCUT2D eigenvalue weighted by Gasteiger charge is 2.22. The van der Waals surface area contributed by atoms with Crippen molar-refractivity contribution in [2.24, 2.45) is 0 Å². The lowest BCUT2D eigenvalue weighted by molar-refractivity contribution is 0.0500. The lowest BCUT2D eigenvalue weighted by atomic mass is 10.0. The van der Waals surface area contributed by atoms with Gasteiger partial charge in [0, 0.05) is 11.1 Å². The van der Waals surface area contributed by atoms with E-state index in [1.165, 1.54) is 24.3 Å². The first-order chi connectivity index (χ1) is 7.11. The molecule has 0 aromatic heterocycles. The minimum atomic E-state index is -1.69. The van der Waals surface area contributed by atoms with Crippen molar-refractivity contribution in [1.29, 1.82) is 5.26 Å². The van der Waals surface area contributed by atoms with Crippen LogP contribution < -0.4 is 0 Å². The van der Waals surface area contributed by atoms with E-state index in [4.69, 9.17) is 15.5 Å². The Balaban J connectivity index is 3.10. The van der Waals surface area contributed by atoms with Crippen LogP contribution in [-0.2, 0) is 6.61 Å². The van der Waals surface area contributed by atoms with Crippen molar-refractivity contribution in [3.63, 3.8) is 0 Å². The van der Waals surface area contributed by atoms with E-state index in [9.17, 15) is 9.50 Å². The van der Waals surface area contributed by atoms with Crippen LogP contribution in [0.1, 0.15) is 17.2 Å². The molecule has 0 aliphatic rings. The zero-order valence-electron chi connectivity index (χ0n) is 7.76. The number of aliphatic hydroxyl groups is 3. The predicted octanol–water partition coefficient (Wildman–Crippen LogP) is 0.236. The van der Waals surface area contributed by atoms with E-state index in [1.54, 1.807) is 0 Å². The third-order valence-electron chi connectivity index (χ3n) is 2.03. The Morgan fingerprint density at radius 3 is 2.60 bits per heavy atom. The van der Waals surface area contributed by atoms with Crippen molar-refractivity contribution in [3.05, 3.63) is 35.1 Å². The largest absolute Gasteiger partial charge is 0.392 e. The van der Waals surface area contributed by atoms with Crippen molar-refractivity contribution in [1.82, 2.24) is 0 Å². The van der Waals surface area contributed by atoms with Crippen molar-refractivity contribution in [3.8, 4) is 6.07 Å². The molecule has 2 atom stereocenters. The fourth-order valence-corrected chi connectivity index (χ4v) is 1.19. The molecule has 0 radical (unpaired) electrons. The molecular formula is C10H10FNO3. The Labute approximate surface area is 85.8 Å². The maximum absolute atomic E-state index is 13.5. The Kier molecular flexibility index (Phi) is 3.74. The summed E-state index contributed by atoms with van der Waals surface area (Å²) in [5, 5.41) is 35.5. The van der Waals surface area contributed by atoms with Gasteiger partial charge in [-0.05, 0) is 0 Å². The average Bonchev–Trinajstić information content (AvgIpc) is 2.27. The van der Waals surface area contributed by atoms with E-state index >= 15 is 0 Å². The highest BCUT2D eigenvalue weighted by Crippen LogP contribution is 2.22. The van der Waals surface area contributed by atoms with Gasteiger partial charge in [-0.1, -0.05) is 18.2 Å². The molecule has 0 fully saturated rings. The zero-order chi connectivity index (χ0) is 11.4. The van der Waals surface area contributed by atoms with E-state index in [2.05, 4.69) is 0 Å². The summed E-state index contributed by atoms with van der Waals surface area (Å²) >= 11 is 0. The fraction of sp³-hybridized carbons (Fsp3) is 0.300. The standard InChI is InChI=1S/C10H10FNO3/c11-9-6(5-13)2-1-3-7(9)10(15)8(14)4-12/h1-3,8,10,13-15H,5H2. The topological polar surface area (TPSA) is 84.5 Å². The van der Waals surface area contributed by atoms with Crippen LogP contribution in [-0.4, -0.2) is 21.4 Å². The summed E-state index contributed by atoms with van der Waals surface area (Å²) in [6, 6.07) is 5.43. The number of hydrogen-bond donors (Lipinski definition) is 3. The third kappa shape index (κ3) is 2.30. The van der Waals surface area contributed by atoms with Crippen LogP contribution in [0, 0.1) is 17.1 Å². The van der Waals surface area contributed by atoms with Gasteiger partial charge in [0.1, 0.15) is 11.9 Å². The molecule has 0 saturated carbocycles. The molecule has 2 unspecified atom stereocenters.